The molecule has 0 bridgehead atoms. The molecule has 1 aliphatic rings. The Morgan fingerprint density at radius 2 is 1.53 bits per heavy atom. The summed E-state index contributed by atoms with van der Waals surface area (Å²) < 4.78 is 38.3. The smallest absolute Gasteiger partial charge is 0.261 e. The molecule has 0 spiro atoms. The lowest BCUT2D eigenvalue weighted by Crippen LogP contribution is -2.14. The quantitative estimate of drug-likeness (QED) is 0.644. The highest BCUT2D eigenvalue weighted by atomic mass is 32.2. The fourth-order valence-corrected chi connectivity index (χ4v) is 4.11. The van der Waals surface area contributed by atoms with Crippen LogP contribution < -0.4 is 19.5 Å². The predicted octanol–water partition coefficient (Wildman–Crippen LogP) is 4.09. The number of amides is 1. The summed E-state index contributed by atoms with van der Waals surface area (Å²) in [6.45, 7) is 3.95. The van der Waals surface area contributed by atoms with Crippen LogP contribution in [0.15, 0.2) is 65.6 Å². The molecule has 1 amide bonds. The molecule has 0 atom stereocenters. The first-order chi connectivity index (χ1) is 14.3. The monoisotopic (exact) mass is 424 g/mol. The van der Waals surface area contributed by atoms with Crippen molar-refractivity contribution in [3.63, 3.8) is 0 Å². The van der Waals surface area contributed by atoms with Crippen LogP contribution in [0.3, 0.4) is 0 Å². The van der Waals surface area contributed by atoms with Crippen LogP contribution in [0.1, 0.15) is 21.5 Å². The SMILES string of the molecule is Cc1ccc(S(=O)(=O)Nc2ccc(C(=O)Nc3ccc4c(c3)OCO4)cc2)cc1C. The van der Waals surface area contributed by atoms with Gasteiger partial charge in [0.1, 0.15) is 0 Å². The van der Waals surface area contributed by atoms with E-state index in [0.29, 0.717) is 28.4 Å². The fourth-order valence-electron chi connectivity index (χ4n) is 2.96. The molecule has 0 saturated carbocycles. The van der Waals surface area contributed by atoms with Crippen LogP contribution >= 0.6 is 0 Å². The van der Waals surface area contributed by atoms with Crippen LogP contribution in [0.25, 0.3) is 0 Å². The first kappa shape index (κ1) is 19.8. The molecule has 3 aromatic carbocycles. The molecule has 30 heavy (non-hydrogen) atoms. The second-order valence-corrected chi connectivity index (χ2v) is 8.63. The van der Waals surface area contributed by atoms with Gasteiger partial charge in [-0.1, -0.05) is 6.07 Å². The highest BCUT2D eigenvalue weighted by Crippen LogP contribution is 2.34. The topological polar surface area (TPSA) is 93.7 Å². The van der Waals surface area contributed by atoms with Gasteiger partial charge in [0.25, 0.3) is 15.9 Å². The molecule has 2 N–H and O–H groups in total. The lowest BCUT2D eigenvalue weighted by molar-refractivity contribution is 0.102. The van der Waals surface area contributed by atoms with Gasteiger partial charge in [0.15, 0.2) is 11.5 Å². The molecule has 154 valence electrons. The maximum atomic E-state index is 12.6. The van der Waals surface area contributed by atoms with Crippen LogP contribution in [0.5, 0.6) is 11.5 Å². The minimum atomic E-state index is -3.72. The molecular formula is C22H20N2O5S. The molecule has 4 rings (SSSR count). The number of carbonyl (C=O) groups excluding carboxylic acids is 1. The van der Waals surface area contributed by atoms with Crippen LogP contribution in [0.2, 0.25) is 0 Å². The van der Waals surface area contributed by atoms with E-state index in [4.69, 9.17) is 9.47 Å². The summed E-state index contributed by atoms with van der Waals surface area (Å²) in [7, 11) is -3.72. The Kier molecular flexibility index (Phi) is 5.09. The van der Waals surface area contributed by atoms with Crippen LogP contribution in [-0.4, -0.2) is 21.1 Å². The third kappa shape index (κ3) is 4.08. The van der Waals surface area contributed by atoms with Gasteiger partial charge in [-0.2, -0.15) is 0 Å². The van der Waals surface area contributed by atoms with Gasteiger partial charge in [-0.05, 0) is 73.5 Å². The van der Waals surface area contributed by atoms with E-state index in [2.05, 4.69) is 10.0 Å². The highest BCUT2D eigenvalue weighted by Gasteiger charge is 2.17. The van der Waals surface area contributed by atoms with Crippen LogP contribution in [0.4, 0.5) is 11.4 Å². The second kappa shape index (κ2) is 7.72. The number of rotatable bonds is 5. The Balaban J connectivity index is 1.45. The van der Waals surface area contributed by atoms with Gasteiger partial charge in [-0.15, -0.1) is 0 Å². The standard InChI is InChI=1S/C22H20N2O5S/c1-14-3-9-19(11-15(14)2)30(26,27)24-17-6-4-16(5-7-17)22(25)23-18-8-10-20-21(12-18)29-13-28-20/h3-12,24H,13H2,1-2H3,(H,23,25). The van der Waals surface area contributed by atoms with Gasteiger partial charge < -0.3 is 14.8 Å². The molecule has 0 unspecified atom stereocenters. The van der Waals surface area contributed by atoms with Crippen LogP contribution in [-0.2, 0) is 10.0 Å². The summed E-state index contributed by atoms with van der Waals surface area (Å²) in [5.74, 6) is 0.884. The van der Waals surface area contributed by atoms with Crippen molar-refractivity contribution in [3.05, 3.63) is 77.4 Å². The molecular weight excluding hydrogens is 404 g/mol. The van der Waals surface area contributed by atoms with E-state index < -0.39 is 10.0 Å². The number of nitrogens with one attached hydrogen (secondary N) is 2. The van der Waals surface area contributed by atoms with E-state index in [9.17, 15) is 13.2 Å². The molecule has 0 saturated heterocycles. The summed E-state index contributed by atoms with van der Waals surface area (Å²) in [6.07, 6.45) is 0. The van der Waals surface area contributed by atoms with E-state index in [1.807, 2.05) is 13.8 Å². The minimum Gasteiger partial charge on any atom is -0.454 e. The van der Waals surface area contributed by atoms with Gasteiger partial charge in [-0.25, -0.2) is 8.42 Å². The van der Waals surface area contributed by atoms with Gasteiger partial charge in [0, 0.05) is 23.0 Å². The van der Waals surface area contributed by atoms with Crippen molar-refractivity contribution in [3.8, 4) is 11.5 Å². The Morgan fingerprint density at radius 1 is 0.833 bits per heavy atom. The minimum absolute atomic E-state index is 0.159. The zero-order chi connectivity index (χ0) is 21.3. The zero-order valence-corrected chi connectivity index (χ0v) is 17.2. The summed E-state index contributed by atoms with van der Waals surface area (Å²) in [4.78, 5) is 12.7. The Morgan fingerprint density at radius 3 is 2.27 bits per heavy atom. The molecule has 8 heteroatoms. The van der Waals surface area contributed by atoms with Crippen molar-refractivity contribution in [1.82, 2.24) is 0 Å². The Hall–Kier alpha value is -3.52. The predicted molar refractivity (Wildman–Crippen MR) is 114 cm³/mol. The number of hydrogen-bond donors (Lipinski definition) is 2. The van der Waals surface area contributed by atoms with Gasteiger partial charge in [0.05, 0.1) is 4.90 Å². The van der Waals surface area contributed by atoms with Crippen molar-refractivity contribution in [2.24, 2.45) is 0 Å². The van der Waals surface area contributed by atoms with Crippen LogP contribution in [0, 0.1) is 13.8 Å². The highest BCUT2D eigenvalue weighted by molar-refractivity contribution is 7.92. The third-order valence-corrected chi connectivity index (χ3v) is 6.20. The molecule has 1 heterocycles. The molecule has 0 fully saturated rings. The molecule has 3 aromatic rings. The summed E-state index contributed by atoms with van der Waals surface area (Å²) in [6, 6.07) is 16.3. The molecule has 1 aliphatic heterocycles. The summed E-state index contributed by atoms with van der Waals surface area (Å²) in [5, 5.41) is 2.78. The maximum Gasteiger partial charge on any atom is 0.261 e. The van der Waals surface area contributed by atoms with E-state index in [1.165, 1.54) is 0 Å². The van der Waals surface area contributed by atoms with Crippen molar-refractivity contribution in [2.45, 2.75) is 18.7 Å². The third-order valence-electron chi connectivity index (χ3n) is 4.82. The number of sulfonamides is 1. The number of aryl methyl sites for hydroxylation is 2. The maximum absolute atomic E-state index is 12.6. The number of carbonyl (C=O) groups is 1. The van der Waals surface area contributed by atoms with Crippen molar-refractivity contribution in [1.29, 1.82) is 0 Å². The van der Waals surface area contributed by atoms with Crippen molar-refractivity contribution >= 4 is 27.3 Å². The first-order valence-corrected chi connectivity index (χ1v) is 10.7. The number of benzene rings is 3. The molecule has 7 nitrogen and oxygen atoms in total. The largest absolute Gasteiger partial charge is 0.454 e. The van der Waals surface area contributed by atoms with E-state index in [1.54, 1.807) is 60.7 Å². The second-order valence-electron chi connectivity index (χ2n) is 6.95. The fraction of sp³-hybridized carbons (Fsp3) is 0.136. The molecule has 0 aromatic heterocycles. The van der Waals surface area contributed by atoms with Crippen molar-refractivity contribution < 1.29 is 22.7 Å². The number of fused-ring (bicyclic) bond motifs is 1. The molecule has 0 aliphatic carbocycles. The summed E-state index contributed by atoms with van der Waals surface area (Å²) >= 11 is 0. The van der Waals surface area contributed by atoms with E-state index >= 15 is 0 Å². The Labute approximate surface area is 174 Å². The van der Waals surface area contributed by atoms with Gasteiger partial charge in [-0.3, -0.25) is 9.52 Å². The van der Waals surface area contributed by atoms with Crippen molar-refractivity contribution in [2.75, 3.05) is 16.8 Å². The number of anilines is 2. The number of ether oxygens (including phenoxy) is 2. The average Bonchev–Trinajstić information content (AvgIpc) is 3.18. The van der Waals surface area contributed by atoms with E-state index in [0.717, 1.165) is 11.1 Å². The lowest BCUT2D eigenvalue weighted by atomic mass is 10.1. The normalized spacial score (nSPS) is 12.5. The van der Waals surface area contributed by atoms with Gasteiger partial charge in [0.2, 0.25) is 6.79 Å². The zero-order valence-electron chi connectivity index (χ0n) is 16.4. The molecule has 0 radical (unpaired) electrons. The van der Waals surface area contributed by atoms with Gasteiger partial charge >= 0.3 is 0 Å². The lowest BCUT2D eigenvalue weighted by Gasteiger charge is -2.11. The number of hydrogen-bond acceptors (Lipinski definition) is 5. The summed E-state index contributed by atoms with van der Waals surface area (Å²) in [5.41, 5.74) is 3.25. The average molecular weight is 424 g/mol. The Bertz CT molecular complexity index is 1220. The first-order valence-electron chi connectivity index (χ1n) is 9.23. The van der Waals surface area contributed by atoms with E-state index in [-0.39, 0.29) is 17.6 Å².